The lowest BCUT2D eigenvalue weighted by Gasteiger charge is -2.33. The van der Waals surface area contributed by atoms with E-state index in [-0.39, 0.29) is 11.8 Å². The van der Waals surface area contributed by atoms with Crippen molar-refractivity contribution in [1.82, 2.24) is 4.90 Å². The van der Waals surface area contributed by atoms with Gasteiger partial charge in [-0.25, -0.2) is 0 Å². The number of carbonyl (C=O) groups is 1. The zero-order valence-corrected chi connectivity index (χ0v) is 12.4. The fraction of sp³-hybridized carbons (Fsp3) is 0.786. The first-order valence-electron chi connectivity index (χ1n) is 6.75. The van der Waals surface area contributed by atoms with Gasteiger partial charge >= 0.3 is 0 Å². The van der Waals surface area contributed by atoms with Crippen LogP contribution in [0.4, 0.5) is 0 Å². The molecule has 1 aliphatic rings. The quantitative estimate of drug-likeness (QED) is 0.421. The summed E-state index contributed by atoms with van der Waals surface area (Å²) in [6, 6.07) is 0. The predicted molar refractivity (Wildman–Crippen MR) is 74.4 cm³/mol. The molecule has 0 N–H and O–H groups in total. The van der Waals surface area contributed by atoms with Gasteiger partial charge in [-0.05, 0) is 38.5 Å². The molecule has 0 saturated heterocycles. The van der Waals surface area contributed by atoms with Crippen molar-refractivity contribution in [3.63, 3.8) is 0 Å². The summed E-state index contributed by atoms with van der Waals surface area (Å²) in [5.41, 5.74) is 2.43. The molecule has 1 atom stereocenters. The van der Waals surface area contributed by atoms with Crippen LogP contribution >= 0.6 is 11.6 Å². The van der Waals surface area contributed by atoms with Gasteiger partial charge < -0.3 is 4.74 Å². The van der Waals surface area contributed by atoms with Gasteiger partial charge in [0.2, 0.25) is 5.91 Å². The third kappa shape index (κ3) is 3.99. The molecule has 1 aliphatic carbocycles. The Morgan fingerprint density at radius 2 is 2.28 bits per heavy atom. The lowest BCUT2D eigenvalue weighted by atomic mass is 9.88. The summed E-state index contributed by atoms with van der Waals surface area (Å²) in [6.07, 6.45) is 4.36. The fourth-order valence-electron chi connectivity index (χ4n) is 2.50. The second kappa shape index (κ2) is 7.80. The number of nitrogens with zero attached hydrogens (tertiary/aromatic N) is 1. The maximum atomic E-state index is 12.0. The number of hydrogen-bond donors (Lipinski definition) is 0. The smallest absolute Gasteiger partial charge is 0.243 e. The Labute approximate surface area is 115 Å². The Morgan fingerprint density at radius 3 is 2.83 bits per heavy atom. The van der Waals surface area contributed by atoms with E-state index in [4.69, 9.17) is 16.3 Å². The highest BCUT2D eigenvalue weighted by Crippen LogP contribution is 2.32. The monoisotopic (exact) mass is 273 g/mol. The molecule has 18 heavy (non-hydrogen) atoms. The molecule has 0 fully saturated rings. The molecule has 0 aromatic rings. The normalized spacial score (nSPS) is 20.1. The number of rotatable bonds is 6. The van der Waals surface area contributed by atoms with Gasteiger partial charge in [0, 0.05) is 12.3 Å². The molecule has 104 valence electrons. The van der Waals surface area contributed by atoms with Crippen LogP contribution in [-0.2, 0) is 9.53 Å². The minimum absolute atomic E-state index is 0.0129. The molecule has 1 unspecified atom stereocenters. The molecule has 0 saturated carbocycles. The highest BCUT2D eigenvalue weighted by molar-refractivity contribution is 6.27. The van der Waals surface area contributed by atoms with E-state index in [2.05, 4.69) is 20.8 Å². The highest BCUT2D eigenvalue weighted by Gasteiger charge is 2.26. The molecule has 0 aliphatic heterocycles. The number of hydrogen-bond acceptors (Lipinski definition) is 2. The van der Waals surface area contributed by atoms with Gasteiger partial charge in [0.25, 0.3) is 0 Å². The number of alkyl halides is 1. The largest absolute Gasteiger partial charge is 0.361 e. The van der Waals surface area contributed by atoms with Crippen LogP contribution in [0.3, 0.4) is 0 Å². The zero-order valence-electron chi connectivity index (χ0n) is 11.7. The van der Waals surface area contributed by atoms with Gasteiger partial charge in [-0.2, -0.15) is 0 Å². The third-order valence-corrected chi connectivity index (χ3v) is 3.60. The second-order valence-electron chi connectivity index (χ2n) is 4.95. The maximum Gasteiger partial charge on any atom is 0.243 e. The second-order valence-corrected chi connectivity index (χ2v) is 5.22. The predicted octanol–water partition coefficient (Wildman–Crippen LogP) is 3.53. The number of carbonyl (C=O) groups excluding carboxylic acids is 1. The van der Waals surface area contributed by atoms with Crippen molar-refractivity contribution < 1.29 is 9.53 Å². The van der Waals surface area contributed by atoms with Crippen LogP contribution in [0, 0.1) is 5.92 Å². The Balaban J connectivity index is 2.83. The molecule has 0 heterocycles. The zero-order chi connectivity index (χ0) is 13.5. The summed E-state index contributed by atoms with van der Waals surface area (Å²) in [7, 11) is 0. The average molecular weight is 274 g/mol. The van der Waals surface area contributed by atoms with Crippen LogP contribution in [0.5, 0.6) is 0 Å². The van der Waals surface area contributed by atoms with Crippen LogP contribution < -0.4 is 0 Å². The van der Waals surface area contributed by atoms with E-state index in [1.807, 2.05) is 0 Å². The maximum absolute atomic E-state index is 12.0. The first kappa shape index (κ1) is 15.5. The van der Waals surface area contributed by atoms with E-state index in [9.17, 15) is 4.79 Å². The topological polar surface area (TPSA) is 29.5 Å². The van der Waals surface area contributed by atoms with E-state index in [1.165, 1.54) is 12.0 Å². The molecule has 1 amide bonds. The van der Waals surface area contributed by atoms with E-state index in [0.717, 1.165) is 25.0 Å². The molecule has 4 heteroatoms. The molecule has 0 spiro atoms. The van der Waals surface area contributed by atoms with Crippen molar-refractivity contribution in [3.8, 4) is 0 Å². The van der Waals surface area contributed by atoms with Crippen molar-refractivity contribution in [2.75, 3.05) is 19.2 Å². The van der Waals surface area contributed by atoms with Crippen molar-refractivity contribution >= 4 is 17.5 Å². The highest BCUT2D eigenvalue weighted by atomic mass is 35.5. The van der Waals surface area contributed by atoms with Crippen LogP contribution in [0.15, 0.2) is 11.3 Å². The minimum atomic E-state index is -0.0594. The first-order chi connectivity index (χ1) is 8.61. The summed E-state index contributed by atoms with van der Waals surface area (Å²) in [6.45, 7) is 7.34. The molecule has 0 radical (unpaired) electrons. The van der Waals surface area contributed by atoms with E-state index < -0.39 is 0 Å². The molecular formula is C14H24ClNO2. The van der Waals surface area contributed by atoms with E-state index in [0.29, 0.717) is 19.3 Å². The Bertz CT molecular complexity index is 315. The lowest BCUT2D eigenvalue weighted by molar-refractivity contribution is -0.132. The number of halogens is 1. The van der Waals surface area contributed by atoms with Crippen LogP contribution in [0.2, 0.25) is 0 Å². The van der Waals surface area contributed by atoms with E-state index in [1.54, 1.807) is 4.90 Å². The summed E-state index contributed by atoms with van der Waals surface area (Å²) in [5, 5.41) is 0. The molecule has 0 aromatic carbocycles. The number of allylic oxidation sites excluding steroid dienone is 2. The van der Waals surface area contributed by atoms with Gasteiger partial charge in [-0.15, -0.1) is 11.6 Å². The minimum Gasteiger partial charge on any atom is -0.361 e. The molecule has 0 bridgehead atoms. The molecular weight excluding hydrogens is 250 g/mol. The van der Waals surface area contributed by atoms with Crippen molar-refractivity contribution in [1.29, 1.82) is 0 Å². The number of ether oxygens (including phenoxy) is 1. The van der Waals surface area contributed by atoms with Gasteiger partial charge in [-0.1, -0.05) is 19.4 Å². The molecule has 0 aromatic heterocycles. The Morgan fingerprint density at radius 1 is 1.56 bits per heavy atom. The van der Waals surface area contributed by atoms with Gasteiger partial charge in [0.15, 0.2) is 0 Å². The van der Waals surface area contributed by atoms with Gasteiger partial charge in [0.1, 0.15) is 12.6 Å². The third-order valence-electron chi connectivity index (χ3n) is 3.37. The van der Waals surface area contributed by atoms with Crippen molar-refractivity contribution in [2.45, 2.75) is 46.5 Å². The lowest BCUT2D eigenvalue weighted by Crippen LogP contribution is -2.37. The Kier molecular flexibility index (Phi) is 6.72. The average Bonchev–Trinajstić information content (AvgIpc) is 2.36. The molecule has 1 rings (SSSR count). The number of amides is 1. The van der Waals surface area contributed by atoms with Crippen LogP contribution in [-0.4, -0.2) is 30.0 Å². The van der Waals surface area contributed by atoms with Gasteiger partial charge in [0.05, 0.1) is 0 Å². The Hall–Kier alpha value is -0.540. The summed E-state index contributed by atoms with van der Waals surface area (Å²) in [5.74, 6) is 0.367. The first-order valence-corrected chi connectivity index (χ1v) is 7.29. The summed E-state index contributed by atoms with van der Waals surface area (Å²) < 4.78 is 5.53. The molecule has 3 nitrogen and oxygen atoms in total. The van der Waals surface area contributed by atoms with Crippen molar-refractivity contribution in [3.05, 3.63) is 11.3 Å². The van der Waals surface area contributed by atoms with Gasteiger partial charge in [-0.3, -0.25) is 9.69 Å². The standard InChI is InChI=1S/C14H24ClNO2/c1-4-8-18-10-16(13(17)9-15)14-11(2)6-5-7-12(14)3/h11H,4-10H2,1-3H3. The summed E-state index contributed by atoms with van der Waals surface area (Å²) in [4.78, 5) is 13.7. The SMILES string of the molecule is CCCOCN(C(=O)CCl)C1=C(C)CCCC1C. The van der Waals surface area contributed by atoms with Crippen molar-refractivity contribution in [2.24, 2.45) is 5.92 Å². The van der Waals surface area contributed by atoms with Crippen LogP contribution in [0.1, 0.15) is 46.5 Å². The van der Waals surface area contributed by atoms with E-state index >= 15 is 0 Å². The summed E-state index contributed by atoms with van der Waals surface area (Å²) >= 11 is 5.70. The van der Waals surface area contributed by atoms with Crippen LogP contribution in [0.25, 0.3) is 0 Å². The fourth-order valence-corrected chi connectivity index (χ4v) is 2.65.